The second kappa shape index (κ2) is 6.26. The van der Waals surface area contributed by atoms with E-state index in [0.29, 0.717) is 12.3 Å². The zero-order chi connectivity index (χ0) is 14.5. The molecule has 5 heteroatoms. The van der Waals surface area contributed by atoms with Crippen molar-refractivity contribution in [3.05, 3.63) is 54.0 Å². The molecule has 21 heavy (non-hydrogen) atoms. The lowest BCUT2D eigenvalue weighted by atomic mass is 10.0. The predicted molar refractivity (Wildman–Crippen MR) is 81.4 cm³/mol. The maximum Gasteiger partial charge on any atom is 0.259 e. The van der Waals surface area contributed by atoms with E-state index in [0.717, 1.165) is 25.1 Å². The van der Waals surface area contributed by atoms with Crippen molar-refractivity contribution >= 4 is 17.8 Å². The SMILES string of the molecule is O=C(CN1CCCc2ccccc21)N/N=C\c1ccco1. The van der Waals surface area contributed by atoms with Crippen LogP contribution in [0.5, 0.6) is 0 Å². The van der Waals surface area contributed by atoms with Crippen LogP contribution in [0.1, 0.15) is 17.7 Å². The average molecular weight is 283 g/mol. The molecule has 0 atom stereocenters. The Morgan fingerprint density at radius 1 is 1.33 bits per heavy atom. The molecule has 1 aliphatic heterocycles. The number of aryl methyl sites for hydroxylation is 1. The molecule has 3 rings (SSSR count). The van der Waals surface area contributed by atoms with Crippen LogP contribution in [0, 0.1) is 0 Å². The van der Waals surface area contributed by atoms with Gasteiger partial charge < -0.3 is 9.32 Å². The van der Waals surface area contributed by atoms with Crippen LogP contribution in [0.2, 0.25) is 0 Å². The van der Waals surface area contributed by atoms with E-state index in [2.05, 4.69) is 27.6 Å². The molecule has 1 amide bonds. The first kappa shape index (κ1) is 13.4. The number of furan rings is 1. The van der Waals surface area contributed by atoms with Crippen molar-refractivity contribution in [2.24, 2.45) is 5.10 Å². The molecule has 0 fully saturated rings. The van der Waals surface area contributed by atoms with Gasteiger partial charge in [-0.15, -0.1) is 0 Å². The average Bonchev–Trinajstić information content (AvgIpc) is 3.01. The fraction of sp³-hybridized carbons (Fsp3) is 0.250. The normalized spacial score (nSPS) is 14.2. The molecule has 0 bridgehead atoms. The van der Waals surface area contributed by atoms with E-state index in [-0.39, 0.29) is 5.91 Å². The fourth-order valence-corrected chi connectivity index (χ4v) is 2.52. The summed E-state index contributed by atoms with van der Waals surface area (Å²) in [4.78, 5) is 14.0. The summed E-state index contributed by atoms with van der Waals surface area (Å²) in [5, 5.41) is 3.89. The Kier molecular flexibility index (Phi) is 4.00. The molecule has 2 heterocycles. The molecule has 2 aromatic rings. The Morgan fingerprint density at radius 3 is 3.10 bits per heavy atom. The van der Waals surface area contributed by atoms with Gasteiger partial charge in [0.15, 0.2) is 0 Å². The lowest BCUT2D eigenvalue weighted by Gasteiger charge is -2.30. The number of para-hydroxylation sites is 1. The van der Waals surface area contributed by atoms with Gasteiger partial charge in [0, 0.05) is 12.2 Å². The molecular weight excluding hydrogens is 266 g/mol. The van der Waals surface area contributed by atoms with Crippen molar-refractivity contribution in [1.82, 2.24) is 5.43 Å². The van der Waals surface area contributed by atoms with Crippen molar-refractivity contribution in [3.63, 3.8) is 0 Å². The maximum atomic E-state index is 12.0. The Bertz CT molecular complexity index is 635. The van der Waals surface area contributed by atoms with Crippen LogP contribution >= 0.6 is 0 Å². The van der Waals surface area contributed by atoms with E-state index in [1.54, 1.807) is 18.4 Å². The topological polar surface area (TPSA) is 57.8 Å². The summed E-state index contributed by atoms with van der Waals surface area (Å²) < 4.78 is 5.10. The van der Waals surface area contributed by atoms with Gasteiger partial charge in [0.1, 0.15) is 5.76 Å². The first-order valence-corrected chi connectivity index (χ1v) is 7.01. The number of anilines is 1. The number of nitrogens with zero attached hydrogens (tertiary/aromatic N) is 2. The zero-order valence-electron chi connectivity index (χ0n) is 11.7. The molecule has 0 spiro atoms. The van der Waals surface area contributed by atoms with Crippen LogP contribution in [0.4, 0.5) is 5.69 Å². The first-order valence-electron chi connectivity index (χ1n) is 7.01. The highest BCUT2D eigenvalue weighted by Crippen LogP contribution is 2.26. The van der Waals surface area contributed by atoms with Crippen LogP contribution in [-0.2, 0) is 11.2 Å². The lowest BCUT2D eigenvalue weighted by molar-refractivity contribution is -0.119. The number of nitrogens with one attached hydrogen (secondary N) is 1. The first-order chi connectivity index (χ1) is 10.3. The molecule has 1 aliphatic rings. The smallest absolute Gasteiger partial charge is 0.259 e. The van der Waals surface area contributed by atoms with Crippen molar-refractivity contribution in [2.45, 2.75) is 12.8 Å². The van der Waals surface area contributed by atoms with Gasteiger partial charge in [0.2, 0.25) is 0 Å². The van der Waals surface area contributed by atoms with Gasteiger partial charge in [-0.25, -0.2) is 5.43 Å². The van der Waals surface area contributed by atoms with Crippen LogP contribution in [-0.4, -0.2) is 25.2 Å². The molecule has 0 saturated heterocycles. The van der Waals surface area contributed by atoms with E-state index >= 15 is 0 Å². The van der Waals surface area contributed by atoms with Crippen LogP contribution in [0.15, 0.2) is 52.2 Å². The van der Waals surface area contributed by atoms with Crippen molar-refractivity contribution in [1.29, 1.82) is 0 Å². The Balaban J connectivity index is 1.58. The summed E-state index contributed by atoms with van der Waals surface area (Å²) in [5.41, 5.74) is 4.98. The summed E-state index contributed by atoms with van der Waals surface area (Å²) in [6, 6.07) is 11.8. The van der Waals surface area contributed by atoms with Crippen molar-refractivity contribution in [2.75, 3.05) is 18.0 Å². The van der Waals surface area contributed by atoms with Gasteiger partial charge in [-0.2, -0.15) is 5.10 Å². The third-order valence-corrected chi connectivity index (χ3v) is 3.47. The van der Waals surface area contributed by atoms with Crippen LogP contribution in [0.3, 0.4) is 0 Å². The summed E-state index contributed by atoms with van der Waals surface area (Å²) in [7, 11) is 0. The molecular formula is C16H17N3O2. The summed E-state index contributed by atoms with van der Waals surface area (Å²) in [6.07, 6.45) is 5.20. The summed E-state index contributed by atoms with van der Waals surface area (Å²) in [6.45, 7) is 1.21. The van der Waals surface area contributed by atoms with E-state index in [1.807, 2.05) is 12.1 Å². The van der Waals surface area contributed by atoms with Crippen LogP contribution < -0.4 is 10.3 Å². The molecule has 108 valence electrons. The van der Waals surface area contributed by atoms with Gasteiger partial charge in [0.05, 0.1) is 19.0 Å². The van der Waals surface area contributed by atoms with E-state index in [4.69, 9.17) is 4.42 Å². The Morgan fingerprint density at radius 2 is 2.24 bits per heavy atom. The maximum absolute atomic E-state index is 12.0. The molecule has 0 aliphatic carbocycles. The number of amides is 1. The molecule has 0 unspecified atom stereocenters. The van der Waals surface area contributed by atoms with Crippen LogP contribution in [0.25, 0.3) is 0 Å². The highest BCUT2D eigenvalue weighted by molar-refractivity contribution is 5.83. The number of carbonyl (C=O) groups is 1. The molecule has 1 aromatic carbocycles. The molecule has 1 aromatic heterocycles. The number of rotatable bonds is 4. The molecule has 5 nitrogen and oxygen atoms in total. The summed E-state index contributed by atoms with van der Waals surface area (Å²) >= 11 is 0. The zero-order valence-corrected chi connectivity index (χ0v) is 11.7. The third kappa shape index (κ3) is 3.31. The molecule has 1 N–H and O–H groups in total. The minimum atomic E-state index is -0.130. The lowest BCUT2D eigenvalue weighted by Crippen LogP contribution is -2.38. The molecule has 0 saturated carbocycles. The Hall–Kier alpha value is -2.56. The van der Waals surface area contributed by atoms with Gasteiger partial charge in [-0.1, -0.05) is 18.2 Å². The highest BCUT2D eigenvalue weighted by Gasteiger charge is 2.18. The second-order valence-corrected chi connectivity index (χ2v) is 4.96. The van der Waals surface area contributed by atoms with Crippen molar-refractivity contribution in [3.8, 4) is 0 Å². The fourth-order valence-electron chi connectivity index (χ4n) is 2.52. The van der Waals surface area contributed by atoms with Gasteiger partial charge in [-0.3, -0.25) is 4.79 Å². The number of carbonyl (C=O) groups excluding carboxylic acids is 1. The number of fused-ring (bicyclic) bond motifs is 1. The van der Waals surface area contributed by atoms with E-state index in [9.17, 15) is 4.79 Å². The highest BCUT2D eigenvalue weighted by atomic mass is 16.3. The second-order valence-electron chi connectivity index (χ2n) is 4.96. The standard InChI is InChI=1S/C16H17N3O2/c20-16(18-17-11-14-7-4-10-21-14)12-19-9-3-6-13-5-1-2-8-15(13)19/h1-2,4-5,7-8,10-11H,3,6,9,12H2,(H,18,20)/b17-11-. The number of hydrogen-bond donors (Lipinski definition) is 1. The minimum absolute atomic E-state index is 0.130. The number of hydrazone groups is 1. The minimum Gasteiger partial charge on any atom is -0.463 e. The van der Waals surface area contributed by atoms with Gasteiger partial charge in [-0.05, 0) is 36.6 Å². The van der Waals surface area contributed by atoms with Gasteiger partial charge in [0.25, 0.3) is 5.91 Å². The largest absolute Gasteiger partial charge is 0.463 e. The van der Waals surface area contributed by atoms with E-state index in [1.165, 1.54) is 11.8 Å². The number of benzene rings is 1. The summed E-state index contributed by atoms with van der Waals surface area (Å²) in [5.74, 6) is 0.480. The predicted octanol–water partition coefficient (Wildman–Crippen LogP) is 2.18. The Labute approximate surface area is 123 Å². The van der Waals surface area contributed by atoms with Crippen molar-refractivity contribution < 1.29 is 9.21 Å². The monoisotopic (exact) mass is 283 g/mol. The van der Waals surface area contributed by atoms with Gasteiger partial charge >= 0.3 is 0 Å². The third-order valence-electron chi connectivity index (χ3n) is 3.47. The quantitative estimate of drug-likeness (QED) is 0.691. The van der Waals surface area contributed by atoms with E-state index < -0.39 is 0 Å². The molecule has 0 radical (unpaired) electrons. The number of hydrogen-bond acceptors (Lipinski definition) is 4.